The highest BCUT2D eigenvalue weighted by Crippen LogP contribution is 2.21. The molecule has 0 heterocycles. The highest BCUT2D eigenvalue weighted by molar-refractivity contribution is 5.77. The first kappa shape index (κ1) is 17.1. The van der Waals surface area contributed by atoms with Gasteiger partial charge >= 0.3 is 0 Å². The van der Waals surface area contributed by atoms with Crippen molar-refractivity contribution in [3.8, 4) is 0 Å². The molecule has 102 valence electrons. The Balaban J connectivity index is 0.000000741. The van der Waals surface area contributed by atoms with Crippen LogP contribution in [0.25, 0.3) is 5.57 Å². The van der Waals surface area contributed by atoms with Gasteiger partial charge < -0.3 is 10.2 Å². The Morgan fingerprint density at radius 3 is 1.63 bits per heavy atom. The molecule has 0 aliphatic rings. The average Bonchev–Trinajstić information content (AvgIpc) is 2.52. The van der Waals surface area contributed by atoms with Gasteiger partial charge in [0.1, 0.15) is 0 Å². The lowest BCUT2D eigenvalue weighted by Gasteiger charge is -2.06. The number of benzene rings is 2. The second-order valence-electron chi connectivity index (χ2n) is 3.71. The molecule has 2 nitrogen and oxygen atoms in total. The monoisotopic (exact) mass is 258 g/mol. The summed E-state index contributed by atoms with van der Waals surface area (Å²) in [5.74, 6) is 0. The van der Waals surface area contributed by atoms with E-state index in [9.17, 15) is 0 Å². The predicted molar refractivity (Wildman–Crippen MR) is 82.0 cm³/mol. The Bertz CT molecular complexity index is 458. The molecule has 0 amide bonds. The summed E-state index contributed by atoms with van der Waals surface area (Å²) in [6.45, 7) is 6.22. The molecule has 0 aliphatic carbocycles. The van der Waals surface area contributed by atoms with Gasteiger partial charge in [0.15, 0.2) is 0 Å². The fourth-order valence-electron chi connectivity index (χ4n) is 1.56. The first-order valence-corrected chi connectivity index (χ1v) is 5.98. The summed E-state index contributed by atoms with van der Waals surface area (Å²) in [4.78, 5) is 0. The number of hydrogen-bond acceptors (Lipinski definition) is 2. The van der Waals surface area contributed by atoms with Crippen LogP contribution in [-0.2, 0) is 0 Å². The van der Waals surface area contributed by atoms with E-state index >= 15 is 0 Å². The van der Waals surface area contributed by atoms with Crippen LogP contribution < -0.4 is 0 Å². The van der Waals surface area contributed by atoms with Crippen LogP contribution in [-0.4, -0.2) is 24.4 Å². The third kappa shape index (κ3) is 5.51. The fourth-order valence-corrected chi connectivity index (χ4v) is 1.56. The molecule has 2 aromatic carbocycles. The lowest BCUT2D eigenvalue weighted by Crippen LogP contribution is -1.85. The highest BCUT2D eigenvalue weighted by Gasteiger charge is 2.00. The molecule has 2 heteroatoms. The van der Waals surface area contributed by atoms with E-state index in [1.807, 2.05) is 18.2 Å². The van der Waals surface area contributed by atoms with Crippen LogP contribution in [0.2, 0.25) is 0 Å². The lowest BCUT2D eigenvalue weighted by atomic mass is 9.99. The maximum absolute atomic E-state index is 7.00. The second-order valence-corrected chi connectivity index (χ2v) is 3.71. The smallest absolute Gasteiger partial charge is 0.0319 e. The normalized spacial score (nSPS) is 8.47. The minimum Gasteiger partial charge on any atom is -0.400 e. The number of aryl methyl sites for hydroxylation is 1. The van der Waals surface area contributed by atoms with Gasteiger partial charge in [0.25, 0.3) is 0 Å². The second kappa shape index (κ2) is 10.1. The minimum absolute atomic E-state index is 1.00. The molecule has 0 unspecified atom stereocenters. The molecule has 0 radical (unpaired) electrons. The molecular weight excluding hydrogens is 236 g/mol. The van der Waals surface area contributed by atoms with E-state index in [0.29, 0.717) is 0 Å². The van der Waals surface area contributed by atoms with Crippen molar-refractivity contribution in [1.29, 1.82) is 0 Å². The Morgan fingerprint density at radius 1 is 0.737 bits per heavy atom. The molecule has 0 spiro atoms. The summed E-state index contributed by atoms with van der Waals surface area (Å²) in [5, 5.41) is 14.0. The van der Waals surface area contributed by atoms with Crippen molar-refractivity contribution in [2.45, 2.75) is 6.92 Å². The van der Waals surface area contributed by atoms with Crippen LogP contribution in [0.15, 0.2) is 61.2 Å². The van der Waals surface area contributed by atoms with E-state index in [0.717, 1.165) is 19.8 Å². The summed E-state index contributed by atoms with van der Waals surface area (Å²) in [6.07, 6.45) is 0. The highest BCUT2D eigenvalue weighted by atomic mass is 16.2. The first-order chi connectivity index (χ1) is 9.27. The van der Waals surface area contributed by atoms with Gasteiger partial charge in [-0.15, -0.1) is 0 Å². The Hall–Kier alpha value is -1.90. The van der Waals surface area contributed by atoms with Crippen LogP contribution in [0.5, 0.6) is 0 Å². The number of aliphatic hydroxyl groups excluding tert-OH is 2. The molecule has 19 heavy (non-hydrogen) atoms. The molecule has 2 rings (SSSR count). The maximum atomic E-state index is 7.00. The van der Waals surface area contributed by atoms with Crippen LogP contribution in [0.4, 0.5) is 0 Å². The number of aliphatic hydroxyl groups is 2. The number of rotatable bonds is 2. The van der Waals surface area contributed by atoms with Gasteiger partial charge in [-0.1, -0.05) is 66.7 Å². The fraction of sp³-hybridized carbons (Fsp3) is 0.176. The van der Waals surface area contributed by atoms with E-state index in [1.165, 1.54) is 16.7 Å². The molecule has 0 saturated carbocycles. The van der Waals surface area contributed by atoms with Gasteiger partial charge in [0.05, 0.1) is 0 Å². The third-order valence-corrected chi connectivity index (χ3v) is 2.52. The van der Waals surface area contributed by atoms with E-state index in [2.05, 4.69) is 49.9 Å². The van der Waals surface area contributed by atoms with Crippen molar-refractivity contribution >= 4 is 5.57 Å². The van der Waals surface area contributed by atoms with Gasteiger partial charge in [-0.2, -0.15) is 0 Å². The Morgan fingerprint density at radius 2 is 1.16 bits per heavy atom. The maximum Gasteiger partial charge on any atom is 0.0319 e. The molecule has 0 fully saturated rings. The molecule has 2 N–H and O–H groups in total. The van der Waals surface area contributed by atoms with Gasteiger partial charge in [0.2, 0.25) is 0 Å². The van der Waals surface area contributed by atoms with Gasteiger partial charge in [0, 0.05) is 14.2 Å². The van der Waals surface area contributed by atoms with E-state index < -0.39 is 0 Å². The molecule has 0 aliphatic heterocycles. The summed E-state index contributed by atoms with van der Waals surface area (Å²) < 4.78 is 0. The van der Waals surface area contributed by atoms with Gasteiger partial charge in [-0.05, 0) is 23.6 Å². The Labute approximate surface area is 115 Å². The standard InChI is InChI=1S/C15H14.2CH4O/c1-12-8-10-15(11-9-12)13(2)14-6-4-3-5-7-14;2*1-2/h3-11H,2H2,1H3;2*2H,1H3. The topological polar surface area (TPSA) is 40.5 Å². The quantitative estimate of drug-likeness (QED) is 0.868. The molecule has 0 atom stereocenters. The lowest BCUT2D eigenvalue weighted by molar-refractivity contribution is 0.399. The molecule has 0 aromatic heterocycles. The largest absolute Gasteiger partial charge is 0.400 e. The van der Waals surface area contributed by atoms with Crippen LogP contribution in [0, 0.1) is 6.92 Å². The van der Waals surface area contributed by atoms with Crippen molar-refractivity contribution in [1.82, 2.24) is 0 Å². The van der Waals surface area contributed by atoms with Gasteiger partial charge in [-0.3, -0.25) is 0 Å². The van der Waals surface area contributed by atoms with E-state index in [-0.39, 0.29) is 0 Å². The van der Waals surface area contributed by atoms with Crippen molar-refractivity contribution < 1.29 is 10.2 Å². The van der Waals surface area contributed by atoms with Crippen molar-refractivity contribution in [2.24, 2.45) is 0 Å². The van der Waals surface area contributed by atoms with Gasteiger partial charge in [-0.25, -0.2) is 0 Å². The zero-order valence-electron chi connectivity index (χ0n) is 11.8. The third-order valence-electron chi connectivity index (χ3n) is 2.52. The van der Waals surface area contributed by atoms with E-state index in [1.54, 1.807) is 0 Å². The number of hydrogen-bond donors (Lipinski definition) is 2. The summed E-state index contributed by atoms with van der Waals surface area (Å²) in [7, 11) is 2.00. The van der Waals surface area contributed by atoms with Crippen LogP contribution in [0.1, 0.15) is 16.7 Å². The minimum atomic E-state index is 1.00. The summed E-state index contributed by atoms with van der Waals surface area (Å²) in [6, 6.07) is 18.7. The summed E-state index contributed by atoms with van der Waals surface area (Å²) in [5.41, 5.74) is 4.73. The van der Waals surface area contributed by atoms with Crippen LogP contribution >= 0.6 is 0 Å². The SMILES string of the molecule is C=C(c1ccccc1)c1ccc(C)cc1.CO.CO. The molecular formula is C17H22O2. The first-order valence-electron chi connectivity index (χ1n) is 5.98. The predicted octanol–water partition coefficient (Wildman–Crippen LogP) is 3.27. The summed E-state index contributed by atoms with van der Waals surface area (Å²) >= 11 is 0. The zero-order chi connectivity index (χ0) is 14.7. The molecule has 0 saturated heterocycles. The average molecular weight is 258 g/mol. The van der Waals surface area contributed by atoms with Crippen LogP contribution in [0.3, 0.4) is 0 Å². The zero-order valence-corrected chi connectivity index (χ0v) is 11.8. The van der Waals surface area contributed by atoms with Crippen molar-refractivity contribution in [3.05, 3.63) is 77.9 Å². The van der Waals surface area contributed by atoms with Crippen molar-refractivity contribution in [3.63, 3.8) is 0 Å². The Kier molecular flexibility index (Phi) is 9.06. The molecule has 2 aromatic rings. The molecule has 0 bridgehead atoms. The van der Waals surface area contributed by atoms with Crippen molar-refractivity contribution in [2.75, 3.05) is 14.2 Å². The van der Waals surface area contributed by atoms with E-state index in [4.69, 9.17) is 10.2 Å².